The molecule has 1 aliphatic heterocycles. The summed E-state index contributed by atoms with van der Waals surface area (Å²) < 4.78 is 37.4. The molecular weight excluding hydrogens is 268 g/mol. The summed E-state index contributed by atoms with van der Waals surface area (Å²) in [5.74, 6) is 1.09. The first kappa shape index (κ1) is 12.4. The summed E-state index contributed by atoms with van der Waals surface area (Å²) in [5, 5.41) is -0.289. The van der Waals surface area contributed by atoms with Crippen molar-refractivity contribution in [3.8, 4) is 11.5 Å². The molecule has 0 bridgehead atoms. The summed E-state index contributed by atoms with van der Waals surface area (Å²) in [6, 6.07) is 3.20. The lowest BCUT2D eigenvalue weighted by Gasteiger charge is -2.13. The van der Waals surface area contributed by atoms with Gasteiger partial charge in [-0.15, -0.1) is 0 Å². The molecule has 1 saturated carbocycles. The number of fused-ring (bicyclic) bond motifs is 1. The summed E-state index contributed by atoms with van der Waals surface area (Å²) in [5.41, 5.74) is 6.56. The van der Waals surface area contributed by atoms with Gasteiger partial charge in [0, 0.05) is 18.6 Å². The number of sulfonamides is 1. The number of benzene rings is 1. The number of anilines is 2. The van der Waals surface area contributed by atoms with Crippen molar-refractivity contribution in [2.75, 3.05) is 23.7 Å². The highest BCUT2D eigenvalue weighted by atomic mass is 32.2. The third-order valence-electron chi connectivity index (χ3n) is 3.14. The molecule has 2 aliphatic rings. The summed E-state index contributed by atoms with van der Waals surface area (Å²) in [4.78, 5) is 0. The second kappa shape index (κ2) is 4.48. The van der Waals surface area contributed by atoms with E-state index in [1.807, 2.05) is 0 Å². The third-order valence-corrected chi connectivity index (χ3v) is 4.99. The van der Waals surface area contributed by atoms with Crippen LogP contribution in [0, 0.1) is 0 Å². The Balaban J connectivity index is 1.91. The number of nitrogens with one attached hydrogen (secondary N) is 1. The first-order chi connectivity index (χ1) is 9.06. The van der Waals surface area contributed by atoms with Crippen LogP contribution < -0.4 is 19.9 Å². The van der Waals surface area contributed by atoms with E-state index in [4.69, 9.17) is 15.2 Å². The molecule has 0 amide bonds. The normalized spacial score (nSPS) is 18.7. The van der Waals surface area contributed by atoms with E-state index < -0.39 is 10.0 Å². The minimum atomic E-state index is -3.32. The quantitative estimate of drug-likeness (QED) is 0.817. The number of hydrogen-bond acceptors (Lipinski definition) is 5. The van der Waals surface area contributed by atoms with Crippen molar-refractivity contribution in [1.82, 2.24) is 0 Å². The van der Waals surface area contributed by atoms with Gasteiger partial charge in [-0.2, -0.15) is 0 Å². The first-order valence-electron chi connectivity index (χ1n) is 6.27. The molecule has 6 nitrogen and oxygen atoms in total. The zero-order chi connectivity index (χ0) is 13.5. The maximum Gasteiger partial charge on any atom is 0.235 e. The fraction of sp³-hybridized carbons (Fsp3) is 0.500. The van der Waals surface area contributed by atoms with E-state index in [1.54, 1.807) is 12.1 Å². The molecule has 0 saturated heterocycles. The van der Waals surface area contributed by atoms with Crippen LogP contribution >= 0.6 is 0 Å². The third kappa shape index (κ3) is 2.56. The van der Waals surface area contributed by atoms with Crippen molar-refractivity contribution < 1.29 is 17.9 Å². The molecule has 0 radical (unpaired) electrons. The van der Waals surface area contributed by atoms with E-state index >= 15 is 0 Å². The molecule has 7 heteroatoms. The Labute approximate surface area is 111 Å². The Hall–Kier alpha value is -1.63. The molecule has 1 fully saturated rings. The van der Waals surface area contributed by atoms with Gasteiger partial charge in [0.05, 0.1) is 29.8 Å². The molecule has 3 rings (SSSR count). The summed E-state index contributed by atoms with van der Waals surface area (Å²) in [6.45, 7) is 1.12. The largest absolute Gasteiger partial charge is 0.489 e. The van der Waals surface area contributed by atoms with Gasteiger partial charge in [-0.3, -0.25) is 4.72 Å². The second-order valence-electron chi connectivity index (χ2n) is 4.78. The molecule has 1 aromatic carbocycles. The van der Waals surface area contributed by atoms with Gasteiger partial charge >= 0.3 is 0 Å². The van der Waals surface area contributed by atoms with E-state index in [0.29, 0.717) is 48.9 Å². The maximum atomic E-state index is 11.9. The minimum Gasteiger partial charge on any atom is -0.489 e. The van der Waals surface area contributed by atoms with E-state index in [0.717, 1.165) is 6.42 Å². The standard InChI is InChI=1S/C12H16N2O4S/c13-9-6-11-12(18-5-1-4-17-11)7-10(9)14-19(15,16)8-2-3-8/h6-8,14H,1-5,13H2. The smallest absolute Gasteiger partial charge is 0.235 e. The van der Waals surface area contributed by atoms with Gasteiger partial charge in [-0.25, -0.2) is 8.42 Å². The Morgan fingerprint density at radius 1 is 1.16 bits per heavy atom. The van der Waals surface area contributed by atoms with Crippen LogP contribution in [-0.2, 0) is 10.0 Å². The second-order valence-corrected chi connectivity index (χ2v) is 6.74. The molecule has 0 unspecified atom stereocenters. The van der Waals surface area contributed by atoms with Crippen molar-refractivity contribution in [1.29, 1.82) is 0 Å². The van der Waals surface area contributed by atoms with Gasteiger partial charge in [0.2, 0.25) is 10.0 Å². The lowest BCUT2D eigenvalue weighted by atomic mass is 10.2. The number of rotatable bonds is 3. The summed E-state index contributed by atoms with van der Waals surface area (Å²) in [6.07, 6.45) is 2.21. The van der Waals surface area contributed by atoms with Crippen LogP contribution in [0.4, 0.5) is 11.4 Å². The highest BCUT2D eigenvalue weighted by molar-refractivity contribution is 7.93. The van der Waals surface area contributed by atoms with Gasteiger partial charge < -0.3 is 15.2 Å². The van der Waals surface area contributed by atoms with Crippen LogP contribution in [0.5, 0.6) is 11.5 Å². The SMILES string of the molecule is Nc1cc2c(cc1NS(=O)(=O)C1CC1)OCCCO2. The van der Waals surface area contributed by atoms with Crippen LogP contribution in [0.25, 0.3) is 0 Å². The molecular formula is C12H16N2O4S. The van der Waals surface area contributed by atoms with Gasteiger partial charge in [-0.1, -0.05) is 0 Å². The van der Waals surface area contributed by atoms with Crippen LogP contribution in [0.2, 0.25) is 0 Å². The number of hydrogen-bond donors (Lipinski definition) is 2. The topological polar surface area (TPSA) is 90.7 Å². The van der Waals surface area contributed by atoms with Gasteiger partial charge in [0.15, 0.2) is 11.5 Å². The molecule has 1 aliphatic carbocycles. The number of ether oxygens (including phenoxy) is 2. The minimum absolute atomic E-state index is 0.289. The molecule has 1 aromatic rings. The molecule has 19 heavy (non-hydrogen) atoms. The Morgan fingerprint density at radius 2 is 1.79 bits per heavy atom. The van der Waals surface area contributed by atoms with Crippen molar-refractivity contribution in [2.45, 2.75) is 24.5 Å². The van der Waals surface area contributed by atoms with Crippen molar-refractivity contribution >= 4 is 21.4 Å². The predicted octanol–water partition coefficient (Wildman–Crippen LogP) is 1.33. The lowest BCUT2D eigenvalue weighted by molar-refractivity contribution is 0.297. The van der Waals surface area contributed by atoms with Crippen LogP contribution in [-0.4, -0.2) is 26.9 Å². The van der Waals surface area contributed by atoms with E-state index in [-0.39, 0.29) is 5.25 Å². The zero-order valence-electron chi connectivity index (χ0n) is 10.4. The summed E-state index contributed by atoms with van der Waals surface area (Å²) >= 11 is 0. The fourth-order valence-electron chi connectivity index (χ4n) is 1.93. The Morgan fingerprint density at radius 3 is 2.42 bits per heavy atom. The maximum absolute atomic E-state index is 11.9. The first-order valence-corrected chi connectivity index (χ1v) is 7.81. The zero-order valence-corrected chi connectivity index (χ0v) is 11.2. The monoisotopic (exact) mass is 284 g/mol. The average molecular weight is 284 g/mol. The van der Waals surface area contributed by atoms with E-state index in [1.165, 1.54) is 0 Å². The fourth-order valence-corrected chi connectivity index (χ4v) is 3.33. The number of nitrogens with two attached hydrogens (primary N) is 1. The Kier molecular flexibility index (Phi) is 2.93. The average Bonchev–Trinajstić information content (AvgIpc) is 3.14. The number of nitrogen functional groups attached to an aromatic ring is 1. The molecule has 0 atom stereocenters. The summed E-state index contributed by atoms with van der Waals surface area (Å²) in [7, 11) is -3.32. The van der Waals surface area contributed by atoms with Gasteiger partial charge in [0.1, 0.15) is 0 Å². The van der Waals surface area contributed by atoms with Crippen molar-refractivity contribution in [3.05, 3.63) is 12.1 Å². The van der Waals surface area contributed by atoms with Crippen molar-refractivity contribution in [2.24, 2.45) is 0 Å². The van der Waals surface area contributed by atoms with Gasteiger partial charge in [0.25, 0.3) is 0 Å². The predicted molar refractivity (Wildman–Crippen MR) is 72.0 cm³/mol. The van der Waals surface area contributed by atoms with Gasteiger partial charge in [-0.05, 0) is 12.8 Å². The van der Waals surface area contributed by atoms with Crippen LogP contribution in [0.3, 0.4) is 0 Å². The molecule has 1 heterocycles. The van der Waals surface area contributed by atoms with Crippen molar-refractivity contribution in [3.63, 3.8) is 0 Å². The van der Waals surface area contributed by atoms with Crippen LogP contribution in [0.1, 0.15) is 19.3 Å². The molecule has 0 aromatic heterocycles. The molecule has 104 valence electrons. The Bertz CT molecular complexity index is 596. The highest BCUT2D eigenvalue weighted by Crippen LogP contribution is 2.38. The molecule has 3 N–H and O–H groups in total. The van der Waals surface area contributed by atoms with E-state index in [2.05, 4.69) is 4.72 Å². The highest BCUT2D eigenvalue weighted by Gasteiger charge is 2.36. The van der Waals surface area contributed by atoms with Crippen LogP contribution in [0.15, 0.2) is 12.1 Å². The lowest BCUT2D eigenvalue weighted by Crippen LogP contribution is -2.18. The van der Waals surface area contributed by atoms with E-state index in [9.17, 15) is 8.42 Å². The molecule has 0 spiro atoms.